The van der Waals surface area contributed by atoms with Crippen LogP contribution in [0, 0.1) is 6.92 Å². The van der Waals surface area contributed by atoms with Crippen LogP contribution >= 0.6 is 11.3 Å². The molecule has 1 heterocycles. The van der Waals surface area contributed by atoms with Gasteiger partial charge in [0.25, 0.3) is 5.91 Å². The Bertz CT molecular complexity index is 607. The molecule has 0 fully saturated rings. The number of ether oxygens (including phenoxy) is 1. The largest absolute Gasteiger partial charge is 0.383 e. The molecule has 0 saturated heterocycles. The van der Waals surface area contributed by atoms with Gasteiger partial charge in [0.15, 0.2) is 0 Å². The molecule has 0 saturated carbocycles. The molecule has 0 atom stereocenters. The van der Waals surface area contributed by atoms with Crippen molar-refractivity contribution in [3.8, 4) is 0 Å². The van der Waals surface area contributed by atoms with Crippen molar-refractivity contribution < 1.29 is 9.53 Å². The maximum Gasteiger partial charge on any atom is 0.264 e. The van der Waals surface area contributed by atoms with E-state index in [4.69, 9.17) is 4.74 Å². The number of benzene rings is 1. The molecule has 118 valence electrons. The zero-order valence-electron chi connectivity index (χ0n) is 13.5. The third-order valence-electron chi connectivity index (χ3n) is 3.62. The fraction of sp³-hybridized carbons (Fsp3) is 0.389. The number of thiophene rings is 1. The van der Waals surface area contributed by atoms with Crippen LogP contribution in [0.2, 0.25) is 0 Å². The lowest BCUT2D eigenvalue weighted by atomic mass is 10.2. The Morgan fingerprint density at radius 1 is 1.27 bits per heavy atom. The molecule has 2 aromatic rings. The van der Waals surface area contributed by atoms with Crippen molar-refractivity contribution in [2.75, 3.05) is 20.3 Å². The fourth-order valence-electron chi connectivity index (χ4n) is 2.39. The second kappa shape index (κ2) is 8.11. The zero-order chi connectivity index (χ0) is 15.9. The first kappa shape index (κ1) is 16.7. The molecule has 0 aliphatic carbocycles. The fourth-order valence-corrected chi connectivity index (χ4v) is 3.47. The molecule has 1 amide bonds. The lowest BCUT2D eigenvalue weighted by molar-refractivity contribution is 0.0685. The van der Waals surface area contributed by atoms with E-state index in [1.165, 1.54) is 10.4 Å². The van der Waals surface area contributed by atoms with Crippen molar-refractivity contribution in [2.45, 2.75) is 26.8 Å². The number of methoxy groups -OCH3 is 1. The highest BCUT2D eigenvalue weighted by Gasteiger charge is 2.19. The zero-order valence-corrected chi connectivity index (χ0v) is 14.3. The summed E-state index contributed by atoms with van der Waals surface area (Å²) in [6.07, 6.45) is 0.973. The minimum absolute atomic E-state index is 0.0914. The van der Waals surface area contributed by atoms with E-state index in [0.29, 0.717) is 19.7 Å². The Morgan fingerprint density at radius 2 is 2.00 bits per heavy atom. The van der Waals surface area contributed by atoms with Crippen LogP contribution in [0.3, 0.4) is 0 Å². The van der Waals surface area contributed by atoms with Gasteiger partial charge < -0.3 is 9.64 Å². The van der Waals surface area contributed by atoms with Crippen LogP contribution in [0.4, 0.5) is 0 Å². The number of hydrogen-bond donors (Lipinski definition) is 0. The van der Waals surface area contributed by atoms with Gasteiger partial charge in [-0.05, 0) is 30.5 Å². The average Bonchev–Trinajstić information content (AvgIpc) is 2.92. The first-order valence-electron chi connectivity index (χ1n) is 7.57. The number of rotatable bonds is 7. The van der Waals surface area contributed by atoms with Crippen molar-refractivity contribution in [1.29, 1.82) is 0 Å². The molecule has 0 aliphatic heterocycles. The minimum atomic E-state index is 0.0914. The van der Waals surface area contributed by atoms with E-state index in [1.54, 1.807) is 18.4 Å². The number of nitrogens with zero attached hydrogens (tertiary/aromatic N) is 1. The van der Waals surface area contributed by atoms with Gasteiger partial charge in [0.1, 0.15) is 0 Å². The first-order valence-corrected chi connectivity index (χ1v) is 8.38. The number of amides is 1. The highest BCUT2D eigenvalue weighted by atomic mass is 32.1. The molecule has 1 aromatic heterocycles. The van der Waals surface area contributed by atoms with Gasteiger partial charge in [-0.15, -0.1) is 11.3 Å². The van der Waals surface area contributed by atoms with Crippen molar-refractivity contribution in [1.82, 2.24) is 4.90 Å². The Kier molecular flexibility index (Phi) is 6.16. The summed E-state index contributed by atoms with van der Waals surface area (Å²) in [5, 5.41) is 0. The number of hydrogen-bond acceptors (Lipinski definition) is 3. The summed E-state index contributed by atoms with van der Waals surface area (Å²) in [6.45, 7) is 5.95. The van der Waals surface area contributed by atoms with E-state index in [-0.39, 0.29) is 5.91 Å². The van der Waals surface area contributed by atoms with E-state index < -0.39 is 0 Å². The van der Waals surface area contributed by atoms with Gasteiger partial charge in [0.05, 0.1) is 11.5 Å². The summed E-state index contributed by atoms with van der Waals surface area (Å²) in [6, 6.07) is 12.1. The molecule has 0 unspecified atom stereocenters. The molecule has 1 aromatic carbocycles. The van der Waals surface area contributed by atoms with Gasteiger partial charge >= 0.3 is 0 Å². The summed E-state index contributed by atoms with van der Waals surface area (Å²) in [5.41, 5.74) is 2.35. The molecule has 3 nitrogen and oxygen atoms in total. The van der Waals surface area contributed by atoms with E-state index in [9.17, 15) is 4.79 Å². The second-order valence-electron chi connectivity index (χ2n) is 5.28. The number of carbonyl (C=O) groups is 1. The van der Waals surface area contributed by atoms with Crippen LogP contribution < -0.4 is 0 Å². The lowest BCUT2D eigenvalue weighted by Crippen LogP contribution is -2.33. The Balaban J connectivity index is 2.17. The Hall–Kier alpha value is -1.65. The average molecular weight is 317 g/mol. The Labute approximate surface area is 136 Å². The van der Waals surface area contributed by atoms with Crippen LogP contribution in [0.5, 0.6) is 0 Å². The summed E-state index contributed by atoms with van der Waals surface area (Å²) < 4.78 is 5.16. The van der Waals surface area contributed by atoms with Gasteiger partial charge in [-0.1, -0.05) is 37.3 Å². The van der Waals surface area contributed by atoms with Crippen molar-refractivity contribution >= 4 is 17.2 Å². The molecule has 0 spiro atoms. The summed E-state index contributed by atoms with van der Waals surface area (Å²) in [4.78, 5) is 16.8. The summed E-state index contributed by atoms with van der Waals surface area (Å²) in [5.74, 6) is 0.0914. The normalized spacial score (nSPS) is 10.7. The maximum absolute atomic E-state index is 12.8. The molecule has 22 heavy (non-hydrogen) atoms. The highest BCUT2D eigenvalue weighted by molar-refractivity contribution is 7.14. The van der Waals surface area contributed by atoms with Crippen LogP contribution in [0.15, 0.2) is 36.4 Å². The van der Waals surface area contributed by atoms with Crippen LogP contribution in [-0.4, -0.2) is 31.1 Å². The molecule has 2 rings (SSSR count). The van der Waals surface area contributed by atoms with Crippen LogP contribution in [0.25, 0.3) is 0 Å². The van der Waals surface area contributed by atoms with Gasteiger partial charge in [0.2, 0.25) is 0 Å². The van der Waals surface area contributed by atoms with Crippen molar-refractivity contribution in [2.24, 2.45) is 0 Å². The van der Waals surface area contributed by atoms with Gasteiger partial charge in [-0.2, -0.15) is 0 Å². The van der Waals surface area contributed by atoms with E-state index in [0.717, 1.165) is 16.9 Å². The third kappa shape index (κ3) is 4.18. The van der Waals surface area contributed by atoms with Crippen molar-refractivity contribution in [3.63, 3.8) is 0 Å². The maximum atomic E-state index is 12.8. The highest BCUT2D eigenvalue weighted by Crippen LogP contribution is 2.24. The molecular weight excluding hydrogens is 294 g/mol. The quantitative estimate of drug-likeness (QED) is 0.775. The van der Waals surface area contributed by atoms with E-state index in [1.807, 2.05) is 41.3 Å². The number of aryl methyl sites for hydroxylation is 2. The monoisotopic (exact) mass is 317 g/mol. The SMILES string of the molecule is CCc1sc(C(=O)N(CCOC)Cc2ccccc2)cc1C. The molecule has 0 radical (unpaired) electrons. The Morgan fingerprint density at radius 3 is 2.59 bits per heavy atom. The summed E-state index contributed by atoms with van der Waals surface area (Å²) >= 11 is 1.61. The topological polar surface area (TPSA) is 29.5 Å². The van der Waals surface area contributed by atoms with Crippen molar-refractivity contribution in [3.05, 3.63) is 57.3 Å². The van der Waals surface area contributed by atoms with Gasteiger partial charge in [0, 0.05) is 25.1 Å². The molecule has 4 heteroatoms. The van der Waals surface area contributed by atoms with Gasteiger partial charge in [-0.25, -0.2) is 0 Å². The smallest absolute Gasteiger partial charge is 0.264 e. The number of carbonyl (C=O) groups excluding carboxylic acids is 1. The summed E-state index contributed by atoms with van der Waals surface area (Å²) in [7, 11) is 1.66. The third-order valence-corrected chi connectivity index (χ3v) is 4.99. The minimum Gasteiger partial charge on any atom is -0.383 e. The molecule has 0 bridgehead atoms. The molecule has 0 aliphatic rings. The second-order valence-corrected chi connectivity index (χ2v) is 6.41. The lowest BCUT2D eigenvalue weighted by Gasteiger charge is -2.22. The predicted octanol–water partition coefficient (Wildman–Crippen LogP) is 3.91. The van der Waals surface area contributed by atoms with Crippen LogP contribution in [0.1, 0.15) is 32.6 Å². The molecular formula is C18H23NO2S. The van der Waals surface area contributed by atoms with Crippen LogP contribution in [-0.2, 0) is 17.7 Å². The predicted molar refractivity (Wildman–Crippen MR) is 91.5 cm³/mol. The molecule has 0 N–H and O–H groups in total. The van der Waals surface area contributed by atoms with E-state index in [2.05, 4.69) is 13.8 Å². The first-order chi connectivity index (χ1) is 10.7. The van der Waals surface area contributed by atoms with Gasteiger partial charge in [-0.3, -0.25) is 4.79 Å². The standard InChI is InChI=1S/C18H23NO2S/c1-4-16-14(2)12-17(22-16)18(20)19(10-11-21-3)13-15-8-6-5-7-9-15/h5-9,12H,4,10-11,13H2,1-3H3. The van der Waals surface area contributed by atoms with E-state index >= 15 is 0 Å².